The zero-order chi connectivity index (χ0) is 8.43. The van der Waals surface area contributed by atoms with Crippen LogP contribution in [-0.2, 0) is 0 Å². The number of nitrogen functional groups attached to an aromatic ring is 1. The number of nitrogens with two attached hydrogens (primary N) is 2. The van der Waals surface area contributed by atoms with Crippen molar-refractivity contribution in [3.05, 3.63) is 17.8 Å². The molecule has 0 saturated carbocycles. The number of aromatic nitrogens is 2. The summed E-state index contributed by atoms with van der Waals surface area (Å²) in [6, 6.07) is 0. The molecule has 6 heteroatoms. The standard InChI is InChI=1S/C5H5FN4O/c6-2-1-9-4(7)3(10-2)5(8)11/h1H,(H2,7,9)(H2,8,11). The molecule has 0 aliphatic heterocycles. The predicted octanol–water partition coefficient (Wildman–Crippen LogP) is -0.703. The van der Waals surface area contributed by atoms with Gasteiger partial charge in [-0.25, -0.2) is 9.97 Å². The maximum absolute atomic E-state index is 12.3. The minimum absolute atomic E-state index is 0.168. The third kappa shape index (κ3) is 1.40. The fraction of sp³-hybridized carbons (Fsp3) is 0. The van der Waals surface area contributed by atoms with Crippen LogP contribution < -0.4 is 11.5 Å². The van der Waals surface area contributed by atoms with Crippen molar-refractivity contribution >= 4 is 11.7 Å². The molecule has 0 atom stereocenters. The predicted molar refractivity (Wildman–Crippen MR) is 34.9 cm³/mol. The zero-order valence-electron chi connectivity index (χ0n) is 5.41. The number of rotatable bonds is 1. The Kier molecular flexibility index (Phi) is 1.67. The first-order valence-corrected chi connectivity index (χ1v) is 2.69. The zero-order valence-corrected chi connectivity index (χ0v) is 5.41. The molecule has 4 N–H and O–H groups in total. The molecule has 0 spiro atoms. The molecule has 0 fully saturated rings. The van der Waals surface area contributed by atoms with E-state index in [9.17, 15) is 9.18 Å². The summed E-state index contributed by atoms with van der Waals surface area (Å²) in [6.45, 7) is 0. The van der Waals surface area contributed by atoms with Crippen molar-refractivity contribution in [3.8, 4) is 0 Å². The number of anilines is 1. The maximum Gasteiger partial charge on any atom is 0.271 e. The summed E-state index contributed by atoms with van der Waals surface area (Å²) in [7, 11) is 0. The second-order valence-electron chi connectivity index (χ2n) is 1.79. The van der Waals surface area contributed by atoms with Gasteiger partial charge >= 0.3 is 0 Å². The van der Waals surface area contributed by atoms with E-state index in [0.717, 1.165) is 6.20 Å². The van der Waals surface area contributed by atoms with E-state index in [2.05, 4.69) is 9.97 Å². The summed E-state index contributed by atoms with van der Waals surface area (Å²) in [5.74, 6) is -1.94. The molecule has 1 amide bonds. The molecule has 1 rings (SSSR count). The average Bonchev–Trinajstić information content (AvgIpc) is 1.94. The molecule has 1 aromatic heterocycles. The SMILES string of the molecule is NC(=O)c1nc(F)cnc1N. The number of hydrogen-bond acceptors (Lipinski definition) is 4. The van der Waals surface area contributed by atoms with Gasteiger partial charge in [0.1, 0.15) is 0 Å². The first kappa shape index (κ1) is 7.39. The van der Waals surface area contributed by atoms with Gasteiger partial charge in [0.05, 0.1) is 6.20 Å². The van der Waals surface area contributed by atoms with Gasteiger partial charge < -0.3 is 11.5 Å². The normalized spacial score (nSPS) is 9.55. The molecule has 0 aromatic carbocycles. The number of amides is 1. The van der Waals surface area contributed by atoms with Crippen LogP contribution in [0.5, 0.6) is 0 Å². The van der Waals surface area contributed by atoms with E-state index in [4.69, 9.17) is 11.5 Å². The van der Waals surface area contributed by atoms with Crippen LogP contribution in [0.2, 0.25) is 0 Å². The maximum atomic E-state index is 12.3. The van der Waals surface area contributed by atoms with Crippen molar-refractivity contribution < 1.29 is 9.18 Å². The molecule has 0 unspecified atom stereocenters. The van der Waals surface area contributed by atoms with Gasteiger partial charge in [0.15, 0.2) is 11.5 Å². The molecule has 5 nitrogen and oxygen atoms in total. The van der Waals surface area contributed by atoms with E-state index in [-0.39, 0.29) is 11.5 Å². The minimum atomic E-state index is -0.894. The number of nitrogens with zero attached hydrogens (tertiary/aromatic N) is 2. The van der Waals surface area contributed by atoms with Crippen LogP contribution in [0.1, 0.15) is 10.5 Å². The largest absolute Gasteiger partial charge is 0.382 e. The lowest BCUT2D eigenvalue weighted by atomic mass is 10.4. The summed E-state index contributed by atoms with van der Waals surface area (Å²) >= 11 is 0. The Bertz CT molecular complexity index is 301. The van der Waals surface area contributed by atoms with Gasteiger partial charge in [-0.2, -0.15) is 4.39 Å². The van der Waals surface area contributed by atoms with Gasteiger partial charge in [-0.3, -0.25) is 4.79 Å². The topological polar surface area (TPSA) is 94.9 Å². The van der Waals surface area contributed by atoms with Crippen LogP contribution in [0, 0.1) is 5.95 Å². The molecule has 58 valence electrons. The Morgan fingerprint density at radius 3 is 2.73 bits per heavy atom. The summed E-state index contributed by atoms with van der Waals surface area (Å²) in [5.41, 5.74) is 9.60. The molecule has 1 heterocycles. The first-order valence-electron chi connectivity index (χ1n) is 2.69. The lowest BCUT2D eigenvalue weighted by Crippen LogP contribution is -2.17. The van der Waals surface area contributed by atoms with Crippen LogP contribution in [0.3, 0.4) is 0 Å². The van der Waals surface area contributed by atoms with Crippen molar-refractivity contribution in [2.45, 2.75) is 0 Å². The highest BCUT2D eigenvalue weighted by molar-refractivity contribution is 5.94. The Labute approximate surface area is 61.2 Å². The van der Waals surface area contributed by atoms with E-state index in [1.165, 1.54) is 0 Å². The van der Waals surface area contributed by atoms with Crippen LogP contribution in [0.15, 0.2) is 6.20 Å². The third-order valence-corrected chi connectivity index (χ3v) is 1.00. The van der Waals surface area contributed by atoms with E-state index >= 15 is 0 Å². The van der Waals surface area contributed by atoms with Crippen molar-refractivity contribution in [3.63, 3.8) is 0 Å². The van der Waals surface area contributed by atoms with E-state index in [0.29, 0.717) is 0 Å². The lowest BCUT2D eigenvalue weighted by Gasteiger charge is -1.96. The van der Waals surface area contributed by atoms with Crippen LogP contribution in [0.4, 0.5) is 10.2 Å². The van der Waals surface area contributed by atoms with Crippen molar-refractivity contribution in [2.24, 2.45) is 5.73 Å². The van der Waals surface area contributed by atoms with Gasteiger partial charge in [0, 0.05) is 0 Å². The summed E-state index contributed by atoms with van der Waals surface area (Å²) in [6.07, 6.45) is 0.807. The Morgan fingerprint density at radius 2 is 2.27 bits per heavy atom. The summed E-state index contributed by atoms with van der Waals surface area (Å²) < 4.78 is 12.3. The Hall–Kier alpha value is -1.72. The van der Waals surface area contributed by atoms with Crippen LogP contribution in [0.25, 0.3) is 0 Å². The quantitative estimate of drug-likeness (QED) is 0.561. The minimum Gasteiger partial charge on any atom is -0.382 e. The van der Waals surface area contributed by atoms with Crippen molar-refractivity contribution in [2.75, 3.05) is 5.73 Å². The molecule has 1 aromatic rings. The highest BCUT2D eigenvalue weighted by Crippen LogP contribution is 2.02. The number of halogens is 1. The second kappa shape index (κ2) is 2.49. The molecule has 0 aliphatic carbocycles. The van der Waals surface area contributed by atoms with E-state index in [1.807, 2.05) is 0 Å². The van der Waals surface area contributed by atoms with Gasteiger partial charge in [0.2, 0.25) is 5.95 Å². The molecule has 0 radical (unpaired) electrons. The van der Waals surface area contributed by atoms with Gasteiger partial charge in [-0.15, -0.1) is 0 Å². The van der Waals surface area contributed by atoms with Crippen LogP contribution >= 0.6 is 0 Å². The third-order valence-electron chi connectivity index (χ3n) is 1.00. The molecule has 0 saturated heterocycles. The Morgan fingerprint density at radius 1 is 1.64 bits per heavy atom. The molecular formula is C5H5FN4O. The number of hydrogen-bond donors (Lipinski definition) is 2. The lowest BCUT2D eigenvalue weighted by molar-refractivity contribution is 0.0995. The fourth-order valence-electron chi connectivity index (χ4n) is 0.558. The highest BCUT2D eigenvalue weighted by atomic mass is 19.1. The number of carbonyl (C=O) groups excluding carboxylic acids is 1. The molecule has 0 bridgehead atoms. The van der Waals surface area contributed by atoms with E-state index < -0.39 is 11.9 Å². The van der Waals surface area contributed by atoms with E-state index in [1.54, 1.807) is 0 Å². The number of primary amides is 1. The summed E-state index contributed by atoms with van der Waals surface area (Å²) in [5, 5.41) is 0. The number of carbonyl (C=O) groups is 1. The molecule has 0 aliphatic rings. The van der Waals surface area contributed by atoms with Gasteiger partial charge in [0.25, 0.3) is 5.91 Å². The highest BCUT2D eigenvalue weighted by Gasteiger charge is 2.09. The Balaban J connectivity index is 3.23. The van der Waals surface area contributed by atoms with Gasteiger partial charge in [-0.1, -0.05) is 0 Å². The smallest absolute Gasteiger partial charge is 0.271 e. The summed E-state index contributed by atoms with van der Waals surface area (Å²) in [4.78, 5) is 16.9. The van der Waals surface area contributed by atoms with Crippen LogP contribution in [-0.4, -0.2) is 15.9 Å². The second-order valence-corrected chi connectivity index (χ2v) is 1.79. The average molecular weight is 156 g/mol. The molecular weight excluding hydrogens is 151 g/mol. The monoisotopic (exact) mass is 156 g/mol. The van der Waals surface area contributed by atoms with Crippen molar-refractivity contribution in [1.29, 1.82) is 0 Å². The fourth-order valence-corrected chi connectivity index (χ4v) is 0.558. The molecule has 11 heavy (non-hydrogen) atoms. The van der Waals surface area contributed by atoms with Crippen molar-refractivity contribution in [1.82, 2.24) is 9.97 Å². The van der Waals surface area contributed by atoms with Gasteiger partial charge in [-0.05, 0) is 0 Å². The first-order chi connectivity index (χ1) is 5.11.